The summed E-state index contributed by atoms with van der Waals surface area (Å²) in [5.74, 6) is -1.73. The molecule has 2 aromatic carbocycles. The quantitative estimate of drug-likeness (QED) is 0.752. The number of hydrogen-bond acceptors (Lipinski definition) is 5. The molecule has 1 unspecified atom stereocenters. The number of carboxylic acid groups (broad SMARTS) is 1. The summed E-state index contributed by atoms with van der Waals surface area (Å²) in [6, 6.07) is 11.9. The smallest absolute Gasteiger partial charge is 0.307 e. The zero-order valence-electron chi connectivity index (χ0n) is 16.0. The molecule has 0 bridgehead atoms. The average Bonchev–Trinajstić information content (AvgIpc) is 2.90. The van der Waals surface area contributed by atoms with Gasteiger partial charge >= 0.3 is 5.97 Å². The van der Waals surface area contributed by atoms with Gasteiger partial charge in [-0.05, 0) is 54.9 Å². The van der Waals surface area contributed by atoms with Gasteiger partial charge in [-0.3, -0.25) is 19.2 Å². The Labute approximate surface area is 172 Å². The first-order valence-corrected chi connectivity index (χ1v) is 9.85. The van der Waals surface area contributed by atoms with Crippen LogP contribution in [0, 0.1) is 13.8 Å². The first-order chi connectivity index (χ1) is 13.7. The van der Waals surface area contributed by atoms with Crippen LogP contribution in [-0.2, 0) is 20.8 Å². The van der Waals surface area contributed by atoms with Crippen molar-refractivity contribution in [2.75, 3.05) is 10.2 Å². The van der Waals surface area contributed by atoms with E-state index in [-0.39, 0.29) is 12.8 Å². The van der Waals surface area contributed by atoms with E-state index in [9.17, 15) is 19.2 Å². The molecule has 2 N–H and O–H groups in total. The van der Waals surface area contributed by atoms with Crippen LogP contribution in [-0.4, -0.2) is 33.4 Å². The fraction of sp³-hybridized carbons (Fsp3) is 0.238. The number of anilines is 2. The number of thioether (sulfide) groups is 1. The number of imide groups is 1. The molecule has 1 heterocycles. The normalized spacial score (nSPS) is 16.2. The van der Waals surface area contributed by atoms with E-state index in [1.165, 1.54) is 0 Å². The molecule has 1 saturated heterocycles. The Bertz CT molecular complexity index is 987. The zero-order valence-corrected chi connectivity index (χ0v) is 16.8. The number of aliphatic carboxylic acids is 1. The lowest BCUT2D eigenvalue weighted by molar-refractivity contribution is -0.136. The first kappa shape index (κ1) is 20.6. The van der Waals surface area contributed by atoms with Crippen molar-refractivity contribution in [2.45, 2.75) is 31.9 Å². The van der Waals surface area contributed by atoms with Crippen molar-refractivity contribution in [2.24, 2.45) is 0 Å². The fourth-order valence-electron chi connectivity index (χ4n) is 3.12. The number of benzene rings is 2. The van der Waals surface area contributed by atoms with E-state index in [2.05, 4.69) is 5.32 Å². The van der Waals surface area contributed by atoms with Gasteiger partial charge in [-0.2, -0.15) is 0 Å². The molecule has 0 aliphatic carbocycles. The minimum absolute atomic E-state index is 0.0994. The maximum absolute atomic E-state index is 12.7. The summed E-state index contributed by atoms with van der Waals surface area (Å²) >= 11 is 0.849. The molecule has 29 heavy (non-hydrogen) atoms. The number of aryl methyl sites for hydroxylation is 2. The lowest BCUT2D eigenvalue weighted by Crippen LogP contribution is -2.33. The second kappa shape index (κ2) is 8.48. The highest BCUT2D eigenvalue weighted by Gasteiger charge is 2.42. The molecule has 3 amide bonds. The number of carboxylic acids is 1. The molecule has 7 nitrogen and oxygen atoms in total. The maximum Gasteiger partial charge on any atom is 0.307 e. The third-order valence-corrected chi connectivity index (χ3v) is 5.52. The molecule has 1 aliphatic rings. The van der Waals surface area contributed by atoms with Crippen LogP contribution < -0.4 is 10.2 Å². The van der Waals surface area contributed by atoms with Crippen molar-refractivity contribution < 1.29 is 24.3 Å². The van der Waals surface area contributed by atoms with Gasteiger partial charge in [-0.15, -0.1) is 0 Å². The zero-order chi connectivity index (χ0) is 21.1. The number of nitrogens with zero attached hydrogens (tertiary/aromatic N) is 1. The minimum atomic E-state index is -0.934. The predicted molar refractivity (Wildman–Crippen MR) is 111 cm³/mol. The highest BCUT2D eigenvalue weighted by molar-refractivity contribution is 8.15. The van der Waals surface area contributed by atoms with Crippen LogP contribution in [0.3, 0.4) is 0 Å². The van der Waals surface area contributed by atoms with Gasteiger partial charge in [0.05, 0.1) is 12.1 Å². The van der Waals surface area contributed by atoms with Crippen molar-refractivity contribution >= 4 is 46.2 Å². The molecular weight excluding hydrogens is 392 g/mol. The van der Waals surface area contributed by atoms with E-state index in [0.717, 1.165) is 27.8 Å². The van der Waals surface area contributed by atoms with E-state index >= 15 is 0 Å². The molecule has 1 aliphatic heterocycles. The Kier molecular flexibility index (Phi) is 6.03. The summed E-state index contributed by atoms with van der Waals surface area (Å²) in [5.41, 5.74) is 3.50. The molecule has 0 aromatic heterocycles. The first-order valence-electron chi connectivity index (χ1n) is 8.97. The van der Waals surface area contributed by atoms with E-state index < -0.39 is 28.3 Å². The van der Waals surface area contributed by atoms with Crippen molar-refractivity contribution in [1.29, 1.82) is 0 Å². The molecule has 1 fully saturated rings. The van der Waals surface area contributed by atoms with Crippen LogP contribution >= 0.6 is 11.8 Å². The number of carbonyl (C=O) groups is 4. The number of nitrogens with one attached hydrogen (secondary N) is 1. The van der Waals surface area contributed by atoms with E-state index in [0.29, 0.717) is 16.9 Å². The summed E-state index contributed by atoms with van der Waals surface area (Å²) in [5, 5.41) is 10.3. The van der Waals surface area contributed by atoms with Gasteiger partial charge in [0, 0.05) is 12.1 Å². The second-order valence-corrected chi connectivity index (χ2v) is 8.01. The Morgan fingerprint density at radius 2 is 1.79 bits per heavy atom. The second-order valence-electron chi connectivity index (χ2n) is 6.86. The standard InChI is InChI=1S/C21H20N2O5S/c1-12-3-8-16(13(2)9-12)23-20(27)17(29-21(23)28)11-18(24)22-15-6-4-14(5-7-15)10-19(25)26/h3-9,17H,10-11H2,1-2H3,(H,22,24)(H,25,26). The lowest BCUT2D eigenvalue weighted by Gasteiger charge is -2.17. The molecular formula is C21H20N2O5S. The Balaban J connectivity index is 1.64. The van der Waals surface area contributed by atoms with Gasteiger partial charge in [-0.25, -0.2) is 4.90 Å². The summed E-state index contributed by atoms with van der Waals surface area (Å²) in [6.07, 6.45) is -0.231. The van der Waals surface area contributed by atoms with Crippen LogP contribution in [0.2, 0.25) is 0 Å². The molecule has 0 spiro atoms. The molecule has 150 valence electrons. The average molecular weight is 412 g/mol. The molecule has 3 rings (SSSR count). The minimum Gasteiger partial charge on any atom is -0.481 e. The monoisotopic (exact) mass is 412 g/mol. The number of hydrogen-bond donors (Lipinski definition) is 2. The number of amides is 3. The van der Waals surface area contributed by atoms with Crippen LogP contribution in [0.25, 0.3) is 0 Å². The Morgan fingerprint density at radius 1 is 1.10 bits per heavy atom. The van der Waals surface area contributed by atoms with Gasteiger partial charge in [0.15, 0.2) is 0 Å². The SMILES string of the molecule is Cc1ccc(N2C(=O)SC(CC(=O)Nc3ccc(CC(=O)O)cc3)C2=O)c(C)c1. The molecule has 1 atom stereocenters. The van der Waals surface area contributed by atoms with Crippen molar-refractivity contribution in [3.05, 3.63) is 59.2 Å². The Morgan fingerprint density at radius 3 is 2.41 bits per heavy atom. The van der Waals surface area contributed by atoms with Crippen LogP contribution in [0.1, 0.15) is 23.1 Å². The van der Waals surface area contributed by atoms with E-state index in [4.69, 9.17) is 5.11 Å². The van der Waals surface area contributed by atoms with Crippen LogP contribution in [0.15, 0.2) is 42.5 Å². The van der Waals surface area contributed by atoms with Gasteiger partial charge in [0.25, 0.3) is 5.24 Å². The number of rotatable bonds is 6. The topological polar surface area (TPSA) is 104 Å². The lowest BCUT2D eigenvalue weighted by atomic mass is 10.1. The van der Waals surface area contributed by atoms with Gasteiger partial charge in [-0.1, -0.05) is 29.8 Å². The molecule has 0 radical (unpaired) electrons. The van der Waals surface area contributed by atoms with Crippen molar-refractivity contribution in [3.8, 4) is 0 Å². The summed E-state index contributed by atoms with van der Waals surface area (Å²) < 4.78 is 0. The maximum atomic E-state index is 12.7. The third kappa shape index (κ3) is 4.83. The summed E-state index contributed by atoms with van der Waals surface area (Å²) in [6.45, 7) is 3.77. The fourth-order valence-corrected chi connectivity index (χ4v) is 4.10. The Hall–Kier alpha value is -3.13. The summed E-state index contributed by atoms with van der Waals surface area (Å²) in [7, 11) is 0. The van der Waals surface area contributed by atoms with Gasteiger partial charge in [0.2, 0.25) is 11.8 Å². The van der Waals surface area contributed by atoms with Crippen molar-refractivity contribution in [3.63, 3.8) is 0 Å². The predicted octanol–water partition coefficient (Wildman–Crippen LogP) is 3.53. The number of carbonyl (C=O) groups excluding carboxylic acids is 3. The molecule has 0 saturated carbocycles. The molecule has 2 aromatic rings. The van der Waals surface area contributed by atoms with Gasteiger partial charge < -0.3 is 10.4 Å². The molecule has 8 heteroatoms. The largest absolute Gasteiger partial charge is 0.481 e. The van der Waals surface area contributed by atoms with Crippen LogP contribution in [0.5, 0.6) is 0 Å². The highest BCUT2D eigenvalue weighted by Crippen LogP contribution is 2.35. The third-order valence-electron chi connectivity index (χ3n) is 4.48. The van der Waals surface area contributed by atoms with Gasteiger partial charge in [0.1, 0.15) is 5.25 Å². The van der Waals surface area contributed by atoms with Crippen molar-refractivity contribution in [1.82, 2.24) is 0 Å². The van der Waals surface area contributed by atoms with E-state index in [1.54, 1.807) is 30.3 Å². The highest BCUT2D eigenvalue weighted by atomic mass is 32.2. The van der Waals surface area contributed by atoms with Crippen LogP contribution in [0.4, 0.5) is 16.2 Å². The van der Waals surface area contributed by atoms with E-state index in [1.807, 2.05) is 26.0 Å². The summed E-state index contributed by atoms with van der Waals surface area (Å²) in [4.78, 5) is 49.3.